The van der Waals surface area contributed by atoms with Crippen LogP contribution in [0, 0.1) is 0 Å². The molecule has 1 aromatic heterocycles. The summed E-state index contributed by atoms with van der Waals surface area (Å²) in [5, 5.41) is 8.12. The number of rotatable bonds is 9. The quantitative estimate of drug-likeness (QED) is 0.507. The zero-order valence-electron chi connectivity index (χ0n) is 17.8. The topological polar surface area (TPSA) is 78.5 Å². The Hall–Kier alpha value is -2.68. The molecule has 31 heavy (non-hydrogen) atoms. The number of hydrogen-bond donors (Lipinski definition) is 2. The van der Waals surface area contributed by atoms with Gasteiger partial charge in [0.05, 0.1) is 17.5 Å². The Labute approximate surface area is 188 Å². The van der Waals surface area contributed by atoms with Gasteiger partial charge in [0, 0.05) is 23.7 Å². The van der Waals surface area contributed by atoms with Crippen molar-refractivity contribution < 1.29 is 13.2 Å². The second-order valence-corrected chi connectivity index (χ2v) is 10.4. The molecule has 1 amide bonds. The molecule has 1 heterocycles. The van der Waals surface area contributed by atoms with E-state index >= 15 is 0 Å². The number of benzene rings is 2. The molecule has 3 aromatic rings. The van der Waals surface area contributed by atoms with Crippen molar-refractivity contribution in [3.63, 3.8) is 0 Å². The summed E-state index contributed by atoms with van der Waals surface area (Å²) in [5.74, 6) is -0.154. The maximum Gasteiger partial charge on any atom is 0.243 e. The number of hydrogen-bond acceptors (Lipinski definition) is 5. The molecule has 1 atom stereocenters. The molecule has 6 nitrogen and oxygen atoms in total. The molecule has 2 aromatic carbocycles. The van der Waals surface area contributed by atoms with Gasteiger partial charge in [-0.15, -0.1) is 11.3 Å². The van der Waals surface area contributed by atoms with E-state index in [1.165, 1.54) is 4.31 Å². The van der Waals surface area contributed by atoms with Crippen LogP contribution in [0.3, 0.4) is 0 Å². The van der Waals surface area contributed by atoms with Gasteiger partial charge in [-0.1, -0.05) is 36.4 Å². The maximum atomic E-state index is 12.6. The second kappa shape index (κ2) is 10.1. The zero-order chi connectivity index (χ0) is 22.4. The molecule has 1 unspecified atom stereocenters. The van der Waals surface area contributed by atoms with Crippen molar-refractivity contribution in [2.45, 2.75) is 30.8 Å². The van der Waals surface area contributed by atoms with Gasteiger partial charge in [-0.25, -0.2) is 8.42 Å². The first kappa shape index (κ1) is 23.0. The molecule has 0 bridgehead atoms. The van der Waals surface area contributed by atoms with Crippen LogP contribution in [-0.4, -0.2) is 38.3 Å². The Morgan fingerprint density at radius 2 is 1.68 bits per heavy atom. The predicted octanol–water partition coefficient (Wildman–Crippen LogP) is 4.09. The minimum atomic E-state index is -3.53. The van der Waals surface area contributed by atoms with Crippen LogP contribution in [0.25, 0.3) is 0 Å². The number of carbonyl (C=O) groups excluding carboxylic acids is 1. The van der Waals surface area contributed by atoms with Gasteiger partial charge in [-0.05, 0) is 55.1 Å². The summed E-state index contributed by atoms with van der Waals surface area (Å²) in [7, 11) is -1.97. The van der Waals surface area contributed by atoms with Crippen LogP contribution in [-0.2, 0) is 14.8 Å². The zero-order valence-corrected chi connectivity index (χ0v) is 19.4. The van der Waals surface area contributed by atoms with Gasteiger partial charge in [0.1, 0.15) is 0 Å². The van der Waals surface area contributed by atoms with Crippen LogP contribution in [0.5, 0.6) is 0 Å². The van der Waals surface area contributed by atoms with Crippen molar-refractivity contribution in [3.05, 3.63) is 82.6 Å². The van der Waals surface area contributed by atoms with E-state index in [2.05, 4.69) is 10.6 Å². The lowest BCUT2D eigenvalue weighted by Crippen LogP contribution is -2.33. The lowest BCUT2D eigenvalue weighted by molar-refractivity contribution is -0.119. The molecular formula is C23H27N3O3S2. The van der Waals surface area contributed by atoms with Gasteiger partial charge in [-0.3, -0.25) is 4.79 Å². The fraction of sp³-hybridized carbons (Fsp3) is 0.261. The fourth-order valence-electron chi connectivity index (χ4n) is 3.00. The largest absolute Gasteiger partial charge is 0.376 e. The molecule has 0 aliphatic carbocycles. The maximum absolute atomic E-state index is 12.6. The fourth-order valence-corrected chi connectivity index (χ4v) is 5.17. The molecule has 0 radical (unpaired) electrons. The van der Waals surface area contributed by atoms with Crippen LogP contribution in [0.2, 0.25) is 0 Å². The number of anilines is 1. The van der Waals surface area contributed by atoms with Crippen molar-refractivity contribution in [1.82, 2.24) is 9.62 Å². The Balaban J connectivity index is 1.64. The van der Waals surface area contributed by atoms with Crippen molar-refractivity contribution >= 4 is 33.0 Å². The molecule has 2 N–H and O–H groups in total. The van der Waals surface area contributed by atoms with E-state index in [0.29, 0.717) is 5.69 Å². The smallest absolute Gasteiger partial charge is 0.243 e. The Kier molecular flexibility index (Phi) is 7.48. The normalized spacial score (nSPS) is 12.7. The summed E-state index contributed by atoms with van der Waals surface area (Å²) < 4.78 is 26.5. The van der Waals surface area contributed by atoms with Crippen molar-refractivity contribution in [2.75, 3.05) is 18.9 Å². The number of sulfonamides is 1. The molecule has 0 fully saturated rings. The average Bonchev–Trinajstić information content (AvgIpc) is 3.31. The number of amides is 1. The van der Waals surface area contributed by atoms with Crippen LogP contribution < -0.4 is 10.6 Å². The summed E-state index contributed by atoms with van der Waals surface area (Å²) in [4.78, 5) is 13.9. The van der Waals surface area contributed by atoms with E-state index in [-0.39, 0.29) is 29.4 Å². The van der Waals surface area contributed by atoms with Gasteiger partial charge >= 0.3 is 0 Å². The monoisotopic (exact) mass is 457 g/mol. The van der Waals surface area contributed by atoms with Gasteiger partial charge in [-0.2, -0.15) is 4.31 Å². The Bertz CT molecular complexity index is 1080. The van der Waals surface area contributed by atoms with Crippen LogP contribution in [0.4, 0.5) is 5.69 Å². The third-order valence-corrected chi connectivity index (χ3v) is 7.96. The van der Waals surface area contributed by atoms with Crippen molar-refractivity contribution in [1.29, 1.82) is 0 Å². The second-order valence-electron chi connectivity index (χ2n) is 7.42. The summed E-state index contributed by atoms with van der Waals surface area (Å²) >= 11 is 1.59. The highest BCUT2D eigenvalue weighted by molar-refractivity contribution is 7.89. The summed E-state index contributed by atoms with van der Waals surface area (Å²) in [6.45, 7) is 3.72. The molecule has 3 rings (SSSR count). The van der Waals surface area contributed by atoms with E-state index in [1.54, 1.807) is 42.6 Å². The van der Waals surface area contributed by atoms with E-state index in [1.807, 2.05) is 61.7 Å². The molecule has 8 heteroatoms. The van der Waals surface area contributed by atoms with Crippen LogP contribution in [0.1, 0.15) is 30.3 Å². The van der Waals surface area contributed by atoms with Crippen LogP contribution in [0.15, 0.2) is 77.0 Å². The van der Waals surface area contributed by atoms with Gasteiger partial charge in [0.25, 0.3) is 0 Å². The van der Waals surface area contributed by atoms with Gasteiger partial charge in [0.2, 0.25) is 15.9 Å². The highest BCUT2D eigenvalue weighted by Gasteiger charge is 2.23. The van der Waals surface area contributed by atoms with E-state index < -0.39 is 10.0 Å². The first-order valence-electron chi connectivity index (χ1n) is 9.98. The number of thiophene rings is 1. The minimum absolute atomic E-state index is 0.0761. The van der Waals surface area contributed by atoms with Crippen molar-refractivity contribution in [3.8, 4) is 0 Å². The average molecular weight is 458 g/mol. The first-order valence-corrected chi connectivity index (χ1v) is 12.3. The van der Waals surface area contributed by atoms with Crippen LogP contribution >= 0.6 is 11.3 Å². The molecule has 164 valence electrons. The first-order chi connectivity index (χ1) is 14.8. The SMILES string of the molecule is CC(C)N(C)S(=O)(=O)c1ccc(NCC(=O)NC(c2ccccc2)c2cccs2)cc1. The standard InChI is InChI=1S/C23H27N3O3S2/c1-17(2)26(3)31(28,29)20-13-11-19(12-14-20)24-16-22(27)25-23(21-10-7-15-30-21)18-8-5-4-6-9-18/h4-15,17,23-24H,16H2,1-3H3,(H,25,27). The van der Waals surface area contributed by atoms with E-state index in [0.717, 1.165) is 10.4 Å². The number of nitrogens with one attached hydrogen (secondary N) is 2. The highest BCUT2D eigenvalue weighted by atomic mass is 32.2. The minimum Gasteiger partial charge on any atom is -0.376 e. The predicted molar refractivity (Wildman–Crippen MR) is 126 cm³/mol. The van der Waals surface area contributed by atoms with E-state index in [9.17, 15) is 13.2 Å². The lowest BCUT2D eigenvalue weighted by atomic mass is 10.1. The van der Waals surface area contributed by atoms with Gasteiger partial charge in [0.15, 0.2) is 0 Å². The third kappa shape index (κ3) is 5.72. The van der Waals surface area contributed by atoms with Gasteiger partial charge < -0.3 is 10.6 Å². The molecule has 0 aliphatic heterocycles. The van der Waals surface area contributed by atoms with E-state index in [4.69, 9.17) is 0 Å². The number of carbonyl (C=O) groups is 1. The molecule has 0 aliphatic rings. The highest BCUT2D eigenvalue weighted by Crippen LogP contribution is 2.26. The summed E-state index contributed by atoms with van der Waals surface area (Å²) in [5.41, 5.74) is 1.69. The van der Waals surface area contributed by atoms with Crippen molar-refractivity contribution in [2.24, 2.45) is 0 Å². The lowest BCUT2D eigenvalue weighted by Gasteiger charge is -2.21. The number of nitrogens with zero attached hydrogens (tertiary/aromatic N) is 1. The molecule has 0 saturated carbocycles. The summed E-state index contributed by atoms with van der Waals surface area (Å²) in [6.07, 6.45) is 0. The Morgan fingerprint density at radius 1 is 1.00 bits per heavy atom. The Morgan fingerprint density at radius 3 is 2.26 bits per heavy atom. The summed E-state index contributed by atoms with van der Waals surface area (Å²) in [6, 6.07) is 19.9. The molecule has 0 saturated heterocycles. The third-order valence-electron chi connectivity index (χ3n) is 4.98. The molecular weight excluding hydrogens is 430 g/mol. The molecule has 0 spiro atoms.